The summed E-state index contributed by atoms with van der Waals surface area (Å²) in [6.45, 7) is 4.06. The molecule has 3 aromatic rings. The van der Waals surface area contributed by atoms with Crippen molar-refractivity contribution >= 4 is 11.7 Å². The van der Waals surface area contributed by atoms with Gasteiger partial charge in [0, 0.05) is 23.8 Å². The maximum atomic E-state index is 12.0. The van der Waals surface area contributed by atoms with Gasteiger partial charge in [-0.2, -0.15) is 4.98 Å². The van der Waals surface area contributed by atoms with Crippen LogP contribution >= 0.6 is 0 Å². The minimum atomic E-state index is -0.357. The van der Waals surface area contributed by atoms with E-state index >= 15 is 0 Å². The van der Waals surface area contributed by atoms with Crippen LogP contribution in [-0.2, 0) is 6.54 Å². The fraction of sp³-hybridized carbons (Fsp3) is 0.250. The molecule has 0 unspecified atom stereocenters. The van der Waals surface area contributed by atoms with Crippen LogP contribution in [0, 0.1) is 13.8 Å². The minimum Gasteiger partial charge on any atom is -0.347 e. The topological polar surface area (TPSA) is 101 Å². The van der Waals surface area contributed by atoms with Crippen LogP contribution in [0.5, 0.6) is 0 Å². The number of H-pyrrole nitrogens is 1. The third-order valence-electron chi connectivity index (χ3n) is 2.79. The average molecular weight is 271 g/mol. The fourth-order valence-corrected chi connectivity index (χ4v) is 1.90. The highest BCUT2D eigenvalue weighted by Gasteiger charge is 2.14. The van der Waals surface area contributed by atoms with Crippen molar-refractivity contribution in [1.82, 2.24) is 34.9 Å². The van der Waals surface area contributed by atoms with Crippen molar-refractivity contribution in [3.05, 3.63) is 41.5 Å². The quantitative estimate of drug-likeness (QED) is 0.717. The molecule has 0 saturated carbocycles. The Morgan fingerprint density at radius 2 is 2.25 bits per heavy atom. The first kappa shape index (κ1) is 12.3. The zero-order chi connectivity index (χ0) is 14.1. The van der Waals surface area contributed by atoms with Gasteiger partial charge in [-0.05, 0) is 19.9 Å². The van der Waals surface area contributed by atoms with E-state index in [9.17, 15) is 4.79 Å². The standard InChI is InChI=1S/C12H13N7O/c1-7-5-8(2)19-12(16-7)17-10(18-19)11(20)15-6-9-13-3-4-14-9/h3-5H,6H2,1-2H3,(H,13,14)(H,15,20). The lowest BCUT2D eigenvalue weighted by atomic mass is 10.4. The molecule has 0 bridgehead atoms. The van der Waals surface area contributed by atoms with E-state index in [1.165, 1.54) is 0 Å². The highest BCUT2D eigenvalue weighted by Crippen LogP contribution is 2.05. The van der Waals surface area contributed by atoms with Gasteiger partial charge >= 0.3 is 0 Å². The number of nitrogens with zero attached hydrogens (tertiary/aromatic N) is 5. The van der Waals surface area contributed by atoms with E-state index in [-0.39, 0.29) is 11.7 Å². The van der Waals surface area contributed by atoms with Crippen molar-refractivity contribution in [2.45, 2.75) is 20.4 Å². The molecule has 20 heavy (non-hydrogen) atoms. The normalized spacial score (nSPS) is 10.9. The Kier molecular flexibility index (Phi) is 2.90. The molecule has 0 spiro atoms. The van der Waals surface area contributed by atoms with Crippen LogP contribution in [0.25, 0.3) is 5.78 Å². The summed E-state index contributed by atoms with van der Waals surface area (Å²) in [6, 6.07) is 1.88. The number of fused-ring (bicyclic) bond motifs is 1. The van der Waals surface area contributed by atoms with Gasteiger partial charge in [0.05, 0.1) is 6.54 Å². The van der Waals surface area contributed by atoms with Crippen LogP contribution in [0.3, 0.4) is 0 Å². The van der Waals surface area contributed by atoms with Crippen molar-refractivity contribution in [2.75, 3.05) is 0 Å². The first-order chi connectivity index (χ1) is 9.63. The molecule has 3 aromatic heterocycles. The maximum absolute atomic E-state index is 12.0. The lowest BCUT2D eigenvalue weighted by Crippen LogP contribution is -2.24. The summed E-state index contributed by atoms with van der Waals surface area (Å²) in [5.41, 5.74) is 1.72. The van der Waals surface area contributed by atoms with Crippen molar-refractivity contribution < 1.29 is 4.79 Å². The number of aryl methyl sites for hydroxylation is 2. The molecule has 1 amide bonds. The van der Waals surface area contributed by atoms with Gasteiger partial charge in [-0.3, -0.25) is 4.79 Å². The molecule has 0 fully saturated rings. The number of aromatic amines is 1. The lowest BCUT2D eigenvalue weighted by Gasteiger charge is -1.98. The monoisotopic (exact) mass is 271 g/mol. The molecule has 3 rings (SSSR count). The van der Waals surface area contributed by atoms with Gasteiger partial charge in [0.2, 0.25) is 5.82 Å². The van der Waals surface area contributed by atoms with Crippen molar-refractivity contribution in [3.63, 3.8) is 0 Å². The second-order valence-corrected chi connectivity index (χ2v) is 4.40. The Morgan fingerprint density at radius 1 is 1.40 bits per heavy atom. The highest BCUT2D eigenvalue weighted by atomic mass is 16.2. The molecular weight excluding hydrogens is 258 g/mol. The third kappa shape index (κ3) is 2.22. The molecule has 2 N–H and O–H groups in total. The molecule has 0 aromatic carbocycles. The first-order valence-electron chi connectivity index (χ1n) is 6.11. The van der Waals surface area contributed by atoms with Crippen LogP contribution in [-0.4, -0.2) is 35.5 Å². The molecule has 102 valence electrons. The molecule has 0 aliphatic heterocycles. The summed E-state index contributed by atoms with van der Waals surface area (Å²) < 4.78 is 1.55. The minimum absolute atomic E-state index is 0.0951. The Labute approximate surface area is 114 Å². The Balaban J connectivity index is 1.83. The summed E-state index contributed by atoms with van der Waals surface area (Å²) in [4.78, 5) is 27.3. The highest BCUT2D eigenvalue weighted by molar-refractivity contribution is 5.90. The van der Waals surface area contributed by atoms with Gasteiger partial charge in [-0.15, -0.1) is 5.10 Å². The van der Waals surface area contributed by atoms with E-state index in [1.54, 1.807) is 16.9 Å². The lowest BCUT2D eigenvalue weighted by molar-refractivity contribution is 0.0940. The van der Waals surface area contributed by atoms with Gasteiger partial charge in [0.1, 0.15) is 5.82 Å². The van der Waals surface area contributed by atoms with E-state index in [2.05, 4.69) is 30.4 Å². The van der Waals surface area contributed by atoms with Gasteiger partial charge in [0.25, 0.3) is 11.7 Å². The number of imidazole rings is 1. The van der Waals surface area contributed by atoms with Crippen LogP contribution in [0.2, 0.25) is 0 Å². The molecule has 0 saturated heterocycles. The second-order valence-electron chi connectivity index (χ2n) is 4.40. The van der Waals surface area contributed by atoms with Gasteiger partial charge in [0.15, 0.2) is 0 Å². The van der Waals surface area contributed by atoms with Crippen molar-refractivity contribution in [2.24, 2.45) is 0 Å². The van der Waals surface area contributed by atoms with E-state index in [4.69, 9.17) is 0 Å². The van der Waals surface area contributed by atoms with Crippen LogP contribution in [0.4, 0.5) is 0 Å². The summed E-state index contributed by atoms with van der Waals surface area (Å²) in [6.07, 6.45) is 3.32. The Morgan fingerprint density at radius 3 is 3.00 bits per heavy atom. The first-order valence-corrected chi connectivity index (χ1v) is 6.11. The maximum Gasteiger partial charge on any atom is 0.291 e. The van der Waals surface area contributed by atoms with E-state index in [0.717, 1.165) is 11.4 Å². The fourth-order valence-electron chi connectivity index (χ4n) is 1.90. The number of rotatable bonds is 3. The van der Waals surface area contributed by atoms with Crippen molar-refractivity contribution in [3.8, 4) is 0 Å². The molecule has 3 heterocycles. The molecule has 0 radical (unpaired) electrons. The Bertz CT molecular complexity index is 760. The van der Waals surface area contributed by atoms with Crippen LogP contribution < -0.4 is 5.32 Å². The van der Waals surface area contributed by atoms with Crippen LogP contribution in [0.15, 0.2) is 18.5 Å². The van der Waals surface area contributed by atoms with E-state index in [0.29, 0.717) is 18.1 Å². The van der Waals surface area contributed by atoms with E-state index in [1.807, 2.05) is 19.9 Å². The largest absolute Gasteiger partial charge is 0.347 e. The molecule has 0 aliphatic carbocycles. The van der Waals surface area contributed by atoms with Crippen LogP contribution in [0.1, 0.15) is 27.8 Å². The predicted octanol–water partition coefficient (Wildman–Crippen LogP) is 0.394. The molecule has 8 heteroatoms. The summed E-state index contributed by atoms with van der Waals surface area (Å²) in [7, 11) is 0. The summed E-state index contributed by atoms with van der Waals surface area (Å²) in [5, 5.41) is 6.85. The second kappa shape index (κ2) is 4.72. The number of carbonyl (C=O) groups is 1. The molecule has 0 atom stereocenters. The number of aromatic nitrogens is 6. The van der Waals surface area contributed by atoms with Gasteiger partial charge in [-0.1, -0.05) is 0 Å². The smallest absolute Gasteiger partial charge is 0.291 e. The number of carbonyl (C=O) groups excluding carboxylic acids is 1. The molecule has 8 nitrogen and oxygen atoms in total. The zero-order valence-corrected chi connectivity index (χ0v) is 11.1. The SMILES string of the molecule is Cc1cc(C)n2nc(C(=O)NCc3ncc[nH]3)nc2n1. The molecule has 0 aliphatic rings. The summed E-state index contributed by atoms with van der Waals surface area (Å²) in [5.74, 6) is 0.833. The number of nitrogens with one attached hydrogen (secondary N) is 2. The summed E-state index contributed by atoms with van der Waals surface area (Å²) >= 11 is 0. The van der Waals surface area contributed by atoms with Gasteiger partial charge < -0.3 is 10.3 Å². The Hall–Kier alpha value is -2.77. The average Bonchev–Trinajstić information content (AvgIpc) is 3.04. The van der Waals surface area contributed by atoms with Crippen molar-refractivity contribution in [1.29, 1.82) is 0 Å². The van der Waals surface area contributed by atoms with E-state index < -0.39 is 0 Å². The number of hydrogen-bond acceptors (Lipinski definition) is 5. The third-order valence-corrected chi connectivity index (χ3v) is 2.79. The predicted molar refractivity (Wildman–Crippen MR) is 70.0 cm³/mol. The zero-order valence-electron chi connectivity index (χ0n) is 11.1. The molecular formula is C12H13N7O. The number of amides is 1. The number of hydrogen-bond donors (Lipinski definition) is 2. The van der Waals surface area contributed by atoms with Gasteiger partial charge in [-0.25, -0.2) is 14.5 Å².